The van der Waals surface area contributed by atoms with Crippen LogP contribution in [0.1, 0.15) is 32.3 Å². The summed E-state index contributed by atoms with van der Waals surface area (Å²) in [5, 5.41) is 0. The third-order valence-electron chi connectivity index (χ3n) is 4.74. The molecule has 2 heteroatoms. The number of nitrogens with zero attached hydrogens (tertiary/aromatic N) is 1. The lowest BCUT2D eigenvalue weighted by molar-refractivity contribution is 0.117. The SMILES string of the molecule is CC[C@@]1(c2cccc(OC)c2)CCN(C)C[C@@H]1C. The molecule has 1 fully saturated rings. The molecule has 100 valence electrons. The highest BCUT2D eigenvalue weighted by Gasteiger charge is 2.39. The second kappa shape index (κ2) is 5.31. The van der Waals surface area contributed by atoms with Crippen LogP contribution < -0.4 is 4.74 Å². The monoisotopic (exact) mass is 247 g/mol. The Morgan fingerprint density at radius 1 is 1.44 bits per heavy atom. The molecule has 1 heterocycles. The number of benzene rings is 1. The number of methoxy groups -OCH3 is 1. The van der Waals surface area contributed by atoms with Gasteiger partial charge in [-0.1, -0.05) is 26.0 Å². The summed E-state index contributed by atoms with van der Waals surface area (Å²) >= 11 is 0. The Hall–Kier alpha value is -1.02. The molecule has 0 unspecified atom stereocenters. The molecule has 2 atom stereocenters. The standard InChI is InChI=1S/C16H25NO/c1-5-16(9-10-17(3)12-13(16)2)14-7-6-8-15(11-14)18-4/h6-8,11,13H,5,9-10,12H2,1-4H3/t13-,16+/m0/s1. The van der Waals surface area contributed by atoms with Gasteiger partial charge in [0.05, 0.1) is 7.11 Å². The summed E-state index contributed by atoms with van der Waals surface area (Å²) < 4.78 is 5.38. The van der Waals surface area contributed by atoms with E-state index in [0.717, 1.165) is 5.75 Å². The lowest BCUT2D eigenvalue weighted by atomic mass is 9.65. The van der Waals surface area contributed by atoms with E-state index in [0.29, 0.717) is 11.3 Å². The molecule has 1 aliphatic rings. The molecule has 1 aliphatic heterocycles. The lowest BCUT2D eigenvalue weighted by Crippen LogP contribution is -2.47. The third kappa shape index (κ3) is 2.26. The summed E-state index contributed by atoms with van der Waals surface area (Å²) in [7, 11) is 3.97. The number of ether oxygens (including phenoxy) is 1. The fourth-order valence-electron chi connectivity index (χ4n) is 3.46. The maximum absolute atomic E-state index is 5.38. The van der Waals surface area contributed by atoms with Crippen molar-refractivity contribution in [1.82, 2.24) is 4.90 Å². The Balaban J connectivity index is 2.36. The highest BCUT2D eigenvalue weighted by atomic mass is 16.5. The molecule has 0 amide bonds. The van der Waals surface area contributed by atoms with E-state index < -0.39 is 0 Å². The molecule has 0 radical (unpaired) electrons. The molecule has 1 saturated heterocycles. The van der Waals surface area contributed by atoms with E-state index in [2.05, 4.69) is 44.0 Å². The van der Waals surface area contributed by atoms with E-state index in [1.54, 1.807) is 7.11 Å². The fraction of sp³-hybridized carbons (Fsp3) is 0.625. The van der Waals surface area contributed by atoms with Crippen LogP contribution >= 0.6 is 0 Å². The van der Waals surface area contributed by atoms with Gasteiger partial charge in [-0.2, -0.15) is 0 Å². The van der Waals surface area contributed by atoms with Crippen LogP contribution in [-0.4, -0.2) is 32.1 Å². The molecule has 18 heavy (non-hydrogen) atoms. The maximum atomic E-state index is 5.38. The van der Waals surface area contributed by atoms with Crippen molar-refractivity contribution in [2.24, 2.45) is 5.92 Å². The number of piperidine rings is 1. The van der Waals surface area contributed by atoms with Crippen LogP contribution in [0.5, 0.6) is 5.75 Å². The average molecular weight is 247 g/mol. The minimum absolute atomic E-state index is 0.320. The van der Waals surface area contributed by atoms with Crippen LogP contribution in [0, 0.1) is 5.92 Å². The van der Waals surface area contributed by atoms with Gasteiger partial charge in [-0.15, -0.1) is 0 Å². The van der Waals surface area contributed by atoms with Crippen LogP contribution in [0.25, 0.3) is 0 Å². The molecule has 1 aromatic carbocycles. The highest BCUT2D eigenvalue weighted by Crippen LogP contribution is 2.42. The van der Waals surface area contributed by atoms with Gasteiger partial charge in [0.15, 0.2) is 0 Å². The van der Waals surface area contributed by atoms with Gasteiger partial charge in [0.2, 0.25) is 0 Å². The molecule has 0 bridgehead atoms. The zero-order valence-electron chi connectivity index (χ0n) is 12.1. The Morgan fingerprint density at radius 3 is 2.83 bits per heavy atom. The first kappa shape index (κ1) is 13.4. The molecular weight excluding hydrogens is 222 g/mol. The van der Waals surface area contributed by atoms with Crippen molar-refractivity contribution in [3.63, 3.8) is 0 Å². The van der Waals surface area contributed by atoms with Gasteiger partial charge in [-0.25, -0.2) is 0 Å². The summed E-state index contributed by atoms with van der Waals surface area (Å²) in [5.41, 5.74) is 1.77. The van der Waals surface area contributed by atoms with E-state index >= 15 is 0 Å². The van der Waals surface area contributed by atoms with Crippen molar-refractivity contribution in [3.05, 3.63) is 29.8 Å². The summed E-state index contributed by atoms with van der Waals surface area (Å²) in [6.45, 7) is 7.08. The largest absolute Gasteiger partial charge is 0.497 e. The van der Waals surface area contributed by atoms with Crippen molar-refractivity contribution in [1.29, 1.82) is 0 Å². The number of likely N-dealkylation sites (tertiary alicyclic amines) is 1. The van der Waals surface area contributed by atoms with Crippen LogP contribution in [0.4, 0.5) is 0 Å². The van der Waals surface area contributed by atoms with E-state index in [1.165, 1.54) is 31.5 Å². The molecule has 1 aromatic rings. The zero-order valence-corrected chi connectivity index (χ0v) is 12.1. The topological polar surface area (TPSA) is 12.5 Å². The Bertz CT molecular complexity index is 404. The predicted octanol–water partition coefficient (Wildman–Crippen LogP) is 3.31. The van der Waals surface area contributed by atoms with E-state index in [4.69, 9.17) is 4.74 Å². The first-order valence-corrected chi connectivity index (χ1v) is 6.95. The summed E-state index contributed by atoms with van der Waals surface area (Å²) in [6, 6.07) is 8.66. The molecule has 0 N–H and O–H groups in total. The molecule has 0 aliphatic carbocycles. The lowest BCUT2D eigenvalue weighted by Gasteiger charge is -2.46. The summed E-state index contributed by atoms with van der Waals surface area (Å²) in [5.74, 6) is 1.67. The molecule has 2 rings (SSSR count). The van der Waals surface area contributed by atoms with Crippen molar-refractivity contribution in [3.8, 4) is 5.75 Å². The normalized spacial score (nSPS) is 29.2. The van der Waals surface area contributed by atoms with Crippen molar-refractivity contribution < 1.29 is 4.74 Å². The van der Waals surface area contributed by atoms with Crippen molar-refractivity contribution >= 4 is 0 Å². The molecular formula is C16H25NO. The smallest absolute Gasteiger partial charge is 0.119 e. The van der Waals surface area contributed by atoms with E-state index in [-0.39, 0.29) is 0 Å². The first-order chi connectivity index (χ1) is 8.62. The van der Waals surface area contributed by atoms with Crippen molar-refractivity contribution in [2.45, 2.75) is 32.1 Å². The van der Waals surface area contributed by atoms with Crippen LogP contribution in [-0.2, 0) is 5.41 Å². The molecule has 0 aromatic heterocycles. The maximum Gasteiger partial charge on any atom is 0.119 e. The average Bonchev–Trinajstić information content (AvgIpc) is 2.39. The predicted molar refractivity (Wildman–Crippen MR) is 76.2 cm³/mol. The number of hydrogen-bond donors (Lipinski definition) is 0. The minimum atomic E-state index is 0.320. The van der Waals surface area contributed by atoms with E-state index in [9.17, 15) is 0 Å². The second-order valence-electron chi connectivity index (χ2n) is 5.65. The first-order valence-electron chi connectivity index (χ1n) is 6.95. The van der Waals surface area contributed by atoms with Gasteiger partial charge in [-0.05, 0) is 50.0 Å². The molecule has 2 nitrogen and oxygen atoms in total. The van der Waals surface area contributed by atoms with Crippen LogP contribution in [0.15, 0.2) is 24.3 Å². The minimum Gasteiger partial charge on any atom is -0.497 e. The second-order valence-corrected chi connectivity index (χ2v) is 5.65. The molecule has 0 saturated carbocycles. The summed E-state index contributed by atoms with van der Waals surface area (Å²) in [4.78, 5) is 2.44. The molecule has 0 spiro atoms. The Kier molecular flexibility index (Phi) is 3.96. The Morgan fingerprint density at radius 2 is 2.22 bits per heavy atom. The zero-order chi connectivity index (χ0) is 13.2. The van der Waals surface area contributed by atoms with Crippen LogP contribution in [0.2, 0.25) is 0 Å². The van der Waals surface area contributed by atoms with Gasteiger partial charge in [0, 0.05) is 12.0 Å². The van der Waals surface area contributed by atoms with Crippen molar-refractivity contribution in [2.75, 3.05) is 27.2 Å². The highest BCUT2D eigenvalue weighted by molar-refractivity contribution is 5.35. The summed E-state index contributed by atoms with van der Waals surface area (Å²) in [6.07, 6.45) is 2.45. The quantitative estimate of drug-likeness (QED) is 0.812. The third-order valence-corrected chi connectivity index (χ3v) is 4.74. The Labute approximate surface area is 111 Å². The van der Waals surface area contributed by atoms with Gasteiger partial charge >= 0.3 is 0 Å². The van der Waals surface area contributed by atoms with E-state index in [1.807, 2.05) is 6.07 Å². The van der Waals surface area contributed by atoms with Gasteiger partial charge in [-0.3, -0.25) is 0 Å². The van der Waals surface area contributed by atoms with Crippen LogP contribution in [0.3, 0.4) is 0 Å². The number of rotatable bonds is 3. The van der Waals surface area contributed by atoms with Gasteiger partial charge < -0.3 is 9.64 Å². The fourth-order valence-corrected chi connectivity index (χ4v) is 3.46. The number of hydrogen-bond acceptors (Lipinski definition) is 2. The van der Waals surface area contributed by atoms with Gasteiger partial charge in [0.1, 0.15) is 5.75 Å². The van der Waals surface area contributed by atoms with Gasteiger partial charge in [0.25, 0.3) is 0 Å².